The Kier molecular flexibility index (Phi) is 6.01. The fraction of sp³-hybridized carbons (Fsp3) is 0. The van der Waals surface area contributed by atoms with E-state index in [1.807, 2.05) is 0 Å². The fourth-order valence-corrected chi connectivity index (χ4v) is 11.3. The van der Waals surface area contributed by atoms with Crippen LogP contribution in [0.2, 0.25) is 0 Å². The van der Waals surface area contributed by atoms with Crippen molar-refractivity contribution in [1.29, 1.82) is 0 Å². The first-order chi connectivity index (χ1) is 28.7. The monoisotopic (exact) mass is 726 g/mol. The molecule has 0 saturated carbocycles. The van der Waals surface area contributed by atoms with Gasteiger partial charge in [0.15, 0.2) is 0 Å². The molecular formula is C56H32B2. The first kappa shape index (κ1) is 31.0. The average molecular weight is 726 g/mol. The molecule has 0 nitrogen and oxygen atoms in total. The summed E-state index contributed by atoms with van der Waals surface area (Å²) in [7, 11) is 0. The average Bonchev–Trinajstić information content (AvgIpc) is 3.74. The molecule has 0 aromatic heterocycles. The summed E-state index contributed by atoms with van der Waals surface area (Å²) in [6.07, 6.45) is 0. The highest BCUT2D eigenvalue weighted by atomic mass is 14.2. The first-order valence-electron chi connectivity index (χ1n) is 20.6. The lowest BCUT2D eigenvalue weighted by Gasteiger charge is -2.21. The highest BCUT2D eigenvalue weighted by molar-refractivity contribution is 7.01. The Balaban J connectivity index is 1.04. The van der Waals surface area contributed by atoms with Crippen molar-refractivity contribution in [3.05, 3.63) is 194 Å². The van der Waals surface area contributed by atoms with Crippen molar-refractivity contribution in [2.24, 2.45) is 0 Å². The zero-order valence-corrected chi connectivity index (χ0v) is 31.6. The number of benzene rings is 12. The molecule has 0 fully saturated rings. The molecule has 0 spiro atoms. The third-order valence-corrected chi connectivity index (χ3v) is 13.8. The van der Waals surface area contributed by atoms with E-state index < -0.39 is 0 Å². The molecule has 2 aliphatic heterocycles. The van der Waals surface area contributed by atoms with Gasteiger partial charge in [-0.25, -0.2) is 0 Å². The molecule has 262 valence electrons. The normalized spacial score (nSPS) is 13.1. The molecule has 0 aliphatic carbocycles. The zero-order chi connectivity index (χ0) is 37.6. The highest BCUT2D eigenvalue weighted by Gasteiger charge is 2.37. The third kappa shape index (κ3) is 4.12. The molecule has 12 aromatic rings. The molecule has 2 aliphatic rings. The lowest BCUT2D eigenvalue weighted by atomic mass is 9.37. The minimum Gasteiger partial charge on any atom is -0.0657 e. The topological polar surface area (TPSA) is 0 Å². The molecule has 2 heteroatoms. The zero-order valence-electron chi connectivity index (χ0n) is 31.6. The lowest BCUT2D eigenvalue weighted by Crippen LogP contribution is -2.49. The molecule has 58 heavy (non-hydrogen) atoms. The van der Waals surface area contributed by atoms with Crippen LogP contribution in [0.4, 0.5) is 0 Å². The number of rotatable bonds is 2. The molecular weight excluding hydrogens is 694 g/mol. The van der Waals surface area contributed by atoms with E-state index >= 15 is 0 Å². The molecule has 0 radical (unpaired) electrons. The van der Waals surface area contributed by atoms with E-state index in [9.17, 15) is 0 Å². The molecule has 14 rings (SSSR count). The molecule has 0 bridgehead atoms. The predicted molar refractivity (Wildman–Crippen MR) is 253 cm³/mol. The van der Waals surface area contributed by atoms with Crippen molar-refractivity contribution in [2.75, 3.05) is 0 Å². The SMILES string of the molecule is c1ccc2cc3c(cc2c1)B(c1ccc2ccc4c(B5c6cc7ccccc7cc6-c6cc7ccccc7cc65)ccc5ccc1c2c54)c1cc2ccccc2cc1-3. The van der Waals surface area contributed by atoms with Gasteiger partial charge in [-0.15, -0.1) is 0 Å². The number of hydrogen-bond donors (Lipinski definition) is 0. The summed E-state index contributed by atoms with van der Waals surface area (Å²) in [5.41, 5.74) is 13.8. The van der Waals surface area contributed by atoms with Crippen molar-refractivity contribution < 1.29 is 0 Å². The van der Waals surface area contributed by atoms with Crippen LogP contribution in [0.15, 0.2) is 194 Å². The summed E-state index contributed by atoms with van der Waals surface area (Å²) < 4.78 is 0. The van der Waals surface area contributed by atoms with Crippen LogP contribution >= 0.6 is 0 Å². The van der Waals surface area contributed by atoms with E-state index in [0.29, 0.717) is 0 Å². The maximum atomic E-state index is 2.47. The van der Waals surface area contributed by atoms with E-state index in [0.717, 1.165) is 0 Å². The summed E-state index contributed by atoms with van der Waals surface area (Å²) in [5, 5.41) is 18.4. The Hall–Kier alpha value is -7.15. The van der Waals surface area contributed by atoms with Crippen LogP contribution in [0.3, 0.4) is 0 Å². The Morgan fingerprint density at radius 1 is 0.207 bits per heavy atom. The van der Waals surface area contributed by atoms with Crippen LogP contribution in [0.1, 0.15) is 0 Å². The lowest BCUT2D eigenvalue weighted by molar-refractivity contribution is 1.74. The second-order valence-corrected chi connectivity index (χ2v) is 16.7. The van der Waals surface area contributed by atoms with Gasteiger partial charge < -0.3 is 0 Å². The highest BCUT2D eigenvalue weighted by Crippen LogP contribution is 2.37. The van der Waals surface area contributed by atoms with E-state index in [1.165, 1.54) is 130 Å². The van der Waals surface area contributed by atoms with Crippen molar-refractivity contribution in [3.8, 4) is 22.3 Å². The molecule has 0 amide bonds. The molecule has 0 saturated heterocycles. The van der Waals surface area contributed by atoms with Crippen LogP contribution < -0.4 is 32.8 Å². The standard InChI is InChI=1S/C56H32B2/c1-5-13-39-29-51-45(25-35(39)9-1)46-26-36-10-2-6-14-40(36)30-52(46)57(51)49-23-19-33-18-22-44-50(24-20-34-17-21-43(49)55(33)56(34)44)58-53-31-41-15-7-3-11-37(41)27-47(53)48-28-38-12-4-8-16-42(38)32-54(48)58/h1-32H. The fourth-order valence-electron chi connectivity index (χ4n) is 11.3. The Labute approximate surface area is 336 Å². The van der Waals surface area contributed by atoms with Gasteiger partial charge in [0.05, 0.1) is 0 Å². The molecule has 0 unspecified atom stereocenters. The van der Waals surface area contributed by atoms with Gasteiger partial charge in [-0.1, -0.05) is 203 Å². The smallest absolute Gasteiger partial charge is 0.0657 e. The van der Waals surface area contributed by atoms with E-state index in [4.69, 9.17) is 0 Å². The summed E-state index contributed by atoms with van der Waals surface area (Å²) in [5.74, 6) is 0. The molecule has 12 aromatic carbocycles. The van der Waals surface area contributed by atoms with Crippen molar-refractivity contribution in [3.63, 3.8) is 0 Å². The van der Waals surface area contributed by atoms with Gasteiger partial charge >= 0.3 is 0 Å². The third-order valence-electron chi connectivity index (χ3n) is 13.8. The maximum absolute atomic E-state index is 2.47. The second-order valence-electron chi connectivity index (χ2n) is 16.7. The minimum absolute atomic E-state index is 0.124. The summed E-state index contributed by atoms with van der Waals surface area (Å²) >= 11 is 0. The van der Waals surface area contributed by atoms with Crippen molar-refractivity contribution in [1.82, 2.24) is 0 Å². The quantitative estimate of drug-likeness (QED) is 0.123. The van der Waals surface area contributed by atoms with E-state index in [1.54, 1.807) is 0 Å². The molecule has 2 heterocycles. The van der Waals surface area contributed by atoms with Gasteiger partial charge in [-0.05, 0) is 122 Å². The summed E-state index contributed by atoms with van der Waals surface area (Å²) in [6.45, 7) is 0.247. The van der Waals surface area contributed by atoms with E-state index in [2.05, 4.69) is 194 Å². The number of fused-ring (bicyclic) bond motifs is 10. The van der Waals surface area contributed by atoms with Crippen molar-refractivity contribution >= 4 is 122 Å². The summed E-state index contributed by atoms with van der Waals surface area (Å²) in [4.78, 5) is 0. The van der Waals surface area contributed by atoms with Crippen molar-refractivity contribution in [2.45, 2.75) is 0 Å². The Bertz CT molecular complexity index is 3350. The van der Waals surface area contributed by atoms with Gasteiger partial charge in [-0.3, -0.25) is 0 Å². The summed E-state index contributed by atoms with van der Waals surface area (Å²) in [6, 6.07) is 74.2. The van der Waals surface area contributed by atoms with Crippen LogP contribution in [0.5, 0.6) is 0 Å². The van der Waals surface area contributed by atoms with Gasteiger partial charge in [0, 0.05) is 0 Å². The number of hydrogen-bond acceptors (Lipinski definition) is 0. The van der Waals surface area contributed by atoms with Crippen LogP contribution in [-0.4, -0.2) is 13.4 Å². The maximum Gasteiger partial charge on any atom is 0.243 e. The van der Waals surface area contributed by atoms with Crippen LogP contribution in [0.25, 0.3) is 97.7 Å². The van der Waals surface area contributed by atoms with Gasteiger partial charge in [0.1, 0.15) is 0 Å². The Morgan fingerprint density at radius 3 is 0.759 bits per heavy atom. The first-order valence-corrected chi connectivity index (χ1v) is 20.6. The van der Waals surface area contributed by atoms with E-state index in [-0.39, 0.29) is 13.4 Å². The minimum atomic E-state index is 0.124. The van der Waals surface area contributed by atoms with Gasteiger partial charge in [0.2, 0.25) is 13.4 Å². The molecule has 0 N–H and O–H groups in total. The second kappa shape index (κ2) is 11.2. The Morgan fingerprint density at radius 2 is 0.466 bits per heavy atom. The largest absolute Gasteiger partial charge is 0.243 e. The predicted octanol–water partition coefficient (Wildman–Crippen LogP) is 10.2. The molecule has 0 atom stereocenters. The van der Waals surface area contributed by atoms with Gasteiger partial charge in [-0.2, -0.15) is 0 Å². The van der Waals surface area contributed by atoms with Gasteiger partial charge in [0.25, 0.3) is 0 Å². The van der Waals surface area contributed by atoms with Crippen LogP contribution in [-0.2, 0) is 0 Å². The van der Waals surface area contributed by atoms with Crippen LogP contribution in [0, 0.1) is 0 Å².